The Morgan fingerprint density at radius 2 is 1.73 bits per heavy atom. The summed E-state index contributed by atoms with van der Waals surface area (Å²) in [4.78, 5) is 42.6. The van der Waals surface area contributed by atoms with Crippen LogP contribution in [0, 0.1) is 5.82 Å². The number of halogens is 1. The minimum atomic E-state index is -0.985. The Balaban J connectivity index is 1.44. The molecule has 1 N–H and O–H groups in total. The molecule has 3 aromatic carbocycles. The van der Waals surface area contributed by atoms with Crippen LogP contribution < -0.4 is 19.6 Å². The molecule has 8 nitrogen and oxygen atoms in total. The molecule has 0 saturated carbocycles. The van der Waals surface area contributed by atoms with E-state index in [1.54, 1.807) is 56.3 Å². The zero-order valence-corrected chi connectivity index (χ0v) is 23.0. The lowest BCUT2D eigenvalue weighted by Crippen LogP contribution is -2.39. The number of benzene rings is 3. The van der Waals surface area contributed by atoms with Gasteiger partial charge < -0.3 is 14.6 Å². The largest absolute Gasteiger partial charge is 0.489 e. The zero-order chi connectivity index (χ0) is 29.1. The molecule has 0 unspecified atom stereocenters. The number of carbonyl (C=O) groups is 2. The van der Waals surface area contributed by atoms with Crippen LogP contribution in [0.2, 0.25) is 0 Å². The van der Waals surface area contributed by atoms with Gasteiger partial charge in [-0.1, -0.05) is 47.7 Å². The summed E-state index contributed by atoms with van der Waals surface area (Å²) in [7, 11) is 0. The molecule has 0 aliphatic carbocycles. The zero-order valence-electron chi connectivity index (χ0n) is 22.2. The summed E-state index contributed by atoms with van der Waals surface area (Å²) in [5.41, 5.74) is 2.69. The number of hydrogen-bond acceptors (Lipinski definition) is 7. The van der Waals surface area contributed by atoms with Gasteiger partial charge in [0, 0.05) is 0 Å². The van der Waals surface area contributed by atoms with Gasteiger partial charge in [-0.25, -0.2) is 19.0 Å². The number of esters is 1. The molecule has 0 amide bonds. The predicted molar refractivity (Wildman–Crippen MR) is 151 cm³/mol. The molecule has 10 heteroatoms. The molecule has 1 aromatic heterocycles. The van der Waals surface area contributed by atoms with Crippen molar-refractivity contribution in [2.45, 2.75) is 26.5 Å². The maximum atomic E-state index is 13.7. The van der Waals surface area contributed by atoms with Crippen molar-refractivity contribution in [1.29, 1.82) is 0 Å². The monoisotopic (exact) mass is 572 g/mol. The number of aromatic carboxylic acids is 1. The molecular formula is C31H25FN2O6S. The van der Waals surface area contributed by atoms with Gasteiger partial charge in [-0.15, -0.1) is 0 Å². The Morgan fingerprint density at radius 1 is 1.05 bits per heavy atom. The number of carboxylic acid groups (broad SMARTS) is 1. The molecule has 41 heavy (non-hydrogen) atoms. The fourth-order valence-electron chi connectivity index (χ4n) is 4.47. The standard InChI is InChI=1S/C31H25FN2O6S/c1-3-39-30(38)26-18(2)33-31-34(27(26)21-10-12-23(32)13-11-21)28(35)25(41-31)16-19-6-14-24(15-7-19)40-17-20-4-8-22(9-5-20)29(36)37/h4-16,27H,3,17H2,1-2H3,(H,36,37)/b25-16+/t27-/m1/s1. The highest BCUT2D eigenvalue weighted by atomic mass is 32.1. The number of carboxylic acids is 1. The van der Waals surface area contributed by atoms with E-state index >= 15 is 0 Å². The first-order valence-corrected chi connectivity index (χ1v) is 13.6. The van der Waals surface area contributed by atoms with Crippen LogP contribution in [0.25, 0.3) is 6.08 Å². The van der Waals surface area contributed by atoms with Crippen molar-refractivity contribution in [3.05, 3.63) is 132 Å². The number of thiazole rings is 1. The van der Waals surface area contributed by atoms with Crippen LogP contribution in [0.1, 0.15) is 46.9 Å². The number of nitrogens with zero attached hydrogens (tertiary/aromatic N) is 2. The molecule has 5 rings (SSSR count). The van der Waals surface area contributed by atoms with Gasteiger partial charge >= 0.3 is 11.9 Å². The van der Waals surface area contributed by atoms with Crippen molar-refractivity contribution in [3.8, 4) is 5.75 Å². The quantitative estimate of drug-likeness (QED) is 0.317. The van der Waals surface area contributed by atoms with Crippen molar-refractivity contribution in [2.75, 3.05) is 6.61 Å². The molecule has 0 spiro atoms. The molecule has 4 aromatic rings. The third kappa shape index (κ3) is 5.87. The molecular weight excluding hydrogens is 547 g/mol. The fourth-order valence-corrected chi connectivity index (χ4v) is 5.52. The Morgan fingerprint density at radius 3 is 2.37 bits per heavy atom. The molecule has 208 valence electrons. The number of fused-ring (bicyclic) bond motifs is 1. The van der Waals surface area contributed by atoms with Gasteiger partial charge in [0.25, 0.3) is 5.56 Å². The molecule has 0 saturated heterocycles. The first-order valence-electron chi connectivity index (χ1n) is 12.8. The van der Waals surface area contributed by atoms with Gasteiger partial charge in [-0.3, -0.25) is 9.36 Å². The van der Waals surface area contributed by atoms with Gasteiger partial charge in [-0.05, 0) is 73.0 Å². The normalized spacial score (nSPS) is 14.8. The minimum Gasteiger partial charge on any atom is -0.489 e. The first kappa shape index (κ1) is 27.7. The van der Waals surface area contributed by atoms with Crippen molar-refractivity contribution in [2.24, 2.45) is 4.99 Å². The van der Waals surface area contributed by atoms with Crippen molar-refractivity contribution in [3.63, 3.8) is 0 Å². The highest BCUT2D eigenvalue weighted by Crippen LogP contribution is 2.30. The van der Waals surface area contributed by atoms with Crippen LogP contribution in [-0.4, -0.2) is 28.2 Å². The van der Waals surface area contributed by atoms with Gasteiger partial charge in [-0.2, -0.15) is 0 Å². The maximum absolute atomic E-state index is 13.7. The second kappa shape index (κ2) is 11.7. The molecule has 1 aliphatic rings. The number of allylic oxidation sites excluding steroid dienone is 1. The number of carbonyl (C=O) groups excluding carboxylic acids is 1. The maximum Gasteiger partial charge on any atom is 0.338 e. The van der Waals surface area contributed by atoms with Crippen LogP contribution in [-0.2, 0) is 16.1 Å². The minimum absolute atomic E-state index is 0.160. The number of aromatic nitrogens is 1. The summed E-state index contributed by atoms with van der Waals surface area (Å²) >= 11 is 1.20. The molecule has 2 heterocycles. The van der Waals surface area contributed by atoms with E-state index in [-0.39, 0.29) is 29.9 Å². The van der Waals surface area contributed by atoms with Crippen LogP contribution in [0.15, 0.2) is 93.9 Å². The first-order chi connectivity index (χ1) is 19.7. The van der Waals surface area contributed by atoms with E-state index in [9.17, 15) is 18.8 Å². The van der Waals surface area contributed by atoms with Crippen LogP contribution in [0.3, 0.4) is 0 Å². The Labute approximate surface area is 238 Å². The van der Waals surface area contributed by atoms with Gasteiger partial charge in [0.15, 0.2) is 4.80 Å². The number of ether oxygens (including phenoxy) is 2. The average molecular weight is 573 g/mol. The summed E-state index contributed by atoms with van der Waals surface area (Å²) in [5, 5.41) is 9.03. The number of hydrogen-bond donors (Lipinski definition) is 1. The van der Waals surface area contributed by atoms with E-state index in [1.165, 1.54) is 40.2 Å². The molecule has 0 bridgehead atoms. The van der Waals surface area contributed by atoms with E-state index < -0.39 is 23.8 Å². The summed E-state index contributed by atoms with van der Waals surface area (Å²) in [6.45, 7) is 3.82. The number of rotatable bonds is 8. The van der Waals surface area contributed by atoms with E-state index in [0.29, 0.717) is 26.3 Å². The second-order valence-electron chi connectivity index (χ2n) is 9.21. The SMILES string of the molecule is CCOC(=O)C1=C(C)N=c2s/c(=C/c3ccc(OCc4ccc(C(=O)O)cc4)cc3)c(=O)n2[C@@H]1c1ccc(F)cc1. The fraction of sp³-hybridized carbons (Fsp3) is 0.161. The van der Waals surface area contributed by atoms with Gasteiger partial charge in [0.2, 0.25) is 0 Å². The summed E-state index contributed by atoms with van der Waals surface area (Å²) in [5.74, 6) is -1.38. The third-order valence-corrected chi connectivity index (χ3v) is 7.47. The highest BCUT2D eigenvalue weighted by Gasteiger charge is 2.33. The lowest BCUT2D eigenvalue weighted by Gasteiger charge is -2.24. The molecule has 0 radical (unpaired) electrons. The van der Waals surface area contributed by atoms with Crippen LogP contribution in [0.5, 0.6) is 5.75 Å². The van der Waals surface area contributed by atoms with Gasteiger partial charge in [0.1, 0.15) is 18.2 Å². The molecule has 0 fully saturated rings. The lowest BCUT2D eigenvalue weighted by atomic mass is 9.96. The average Bonchev–Trinajstić information content (AvgIpc) is 3.26. The smallest absolute Gasteiger partial charge is 0.338 e. The Hall–Kier alpha value is -4.83. The summed E-state index contributed by atoms with van der Waals surface area (Å²) in [6.07, 6.45) is 1.74. The predicted octanol–water partition coefficient (Wildman–Crippen LogP) is 4.21. The lowest BCUT2D eigenvalue weighted by molar-refractivity contribution is -0.139. The third-order valence-electron chi connectivity index (χ3n) is 6.49. The topological polar surface area (TPSA) is 107 Å². The second-order valence-corrected chi connectivity index (χ2v) is 10.2. The molecule has 1 aliphatic heterocycles. The van der Waals surface area contributed by atoms with Crippen molar-refractivity contribution < 1.29 is 28.6 Å². The van der Waals surface area contributed by atoms with Gasteiger partial charge in [0.05, 0.1) is 34.0 Å². The molecule has 1 atom stereocenters. The van der Waals surface area contributed by atoms with E-state index in [4.69, 9.17) is 14.6 Å². The van der Waals surface area contributed by atoms with E-state index in [2.05, 4.69) is 4.99 Å². The highest BCUT2D eigenvalue weighted by molar-refractivity contribution is 7.07. The van der Waals surface area contributed by atoms with Crippen molar-refractivity contribution in [1.82, 2.24) is 4.57 Å². The van der Waals surface area contributed by atoms with Crippen LogP contribution in [0.4, 0.5) is 4.39 Å². The van der Waals surface area contributed by atoms with Crippen LogP contribution >= 0.6 is 11.3 Å². The van der Waals surface area contributed by atoms with Crippen molar-refractivity contribution >= 4 is 29.4 Å². The Bertz CT molecular complexity index is 1820. The summed E-state index contributed by atoms with van der Waals surface area (Å²) < 4.78 is 26.7. The van der Waals surface area contributed by atoms with E-state index in [1.807, 2.05) is 12.1 Å². The Kier molecular flexibility index (Phi) is 7.93. The summed E-state index contributed by atoms with van der Waals surface area (Å²) in [6, 6.07) is 18.5. The van der Waals surface area contributed by atoms with E-state index in [0.717, 1.165) is 11.1 Å².